The minimum Gasteiger partial charge on any atom is -0.326 e. The Kier molecular flexibility index (Phi) is 4.33. The molecule has 0 bridgehead atoms. The first kappa shape index (κ1) is 16.9. The molecule has 2 N–H and O–H groups in total. The minimum atomic E-state index is -3.82. The van der Waals surface area contributed by atoms with Gasteiger partial charge < -0.3 is 5.32 Å². The highest BCUT2D eigenvalue weighted by molar-refractivity contribution is 7.92. The molecule has 1 saturated heterocycles. The molecule has 1 aliphatic rings. The second-order valence-corrected chi connectivity index (χ2v) is 9.58. The highest BCUT2D eigenvalue weighted by Crippen LogP contribution is 2.25. The summed E-state index contributed by atoms with van der Waals surface area (Å²) in [5.74, 6) is -0.478. The quantitative estimate of drug-likeness (QED) is 0.825. The number of sulfonamides is 1. The third-order valence-electron chi connectivity index (χ3n) is 3.37. The normalized spacial score (nSPS) is 24.1. The highest BCUT2D eigenvalue weighted by atomic mass is 32.2. The van der Waals surface area contributed by atoms with E-state index in [1.807, 2.05) is 0 Å². The van der Waals surface area contributed by atoms with E-state index in [1.165, 1.54) is 31.2 Å². The third-order valence-corrected chi connectivity index (χ3v) is 6.93. The van der Waals surface area contributed by atoms with Crippen molar-refractivity contribution in [2.75, 3.05) is 16.8 Å². The van der Waals surface area contributed by atoms with Crippen LogP contribution in [-0.2, 0) is 24.7 Å². The number of hydrogen-bond acceptors (Lipinski definition) is 5. The summed E-state index contributed by atoms with van der Waals surface area (Å²) < 4.78 is 50.2. The number of carbonyl (C=O) groups excluding carboxylic acids is 1. The Balaban J connectivity index is 2.19. The Hall–Kier alpha value is -1.45. The first-order valence-corrected chi connectivity index (χ1v) is 9.94. The minimum absolute atomic E-state index is 0.0203. The molecule has 1 atom stereocenters. The third kappa shape index (κ3) is 4.05. The SMILES string of the molecule is CC(=O)Nc1ccc(S(=O)(=O)N[C@@]2(C)CCS(=O)(=O)C2)cc1. The molecule has 0 spiro atoms. The molecule has 1 amide bonds. The van der Waals surface area contributed by atoms with Gasteiger partial charge in [-0.1, -0.05) is 0 Å². The number of hydrogen-bond donors (Lipinski definition) is 2. The van der Waals surface area contributed by atoms with Gasteiger partial charge in [-0.15, -0.1) is 0 Å². The molecule has 0 radical (unpaired) electrons. The van der Waals surface area contributed by atoms with E-state index < -0.39 is 25.4 Å². The molecule has 2 rings (SSSR count). The smallest absolute Gasteiger partial charge is 0.241 e. The average molecular weight is 346 g/mol. The largest absolute Gasteiger partial charge is 0.326 e. The fourth-order valence-corrected chi connectivity index (χ4v) is 6.01. The zero-order valence-electron chi connectivity index (χ0n) is 12.3. The molecular weight excluding hydrogens is 328 g/mol. The van der Waals surface area contributed by atoms with E-state index in [4.69, 9.17) is 0 Å². The van der Waals surface area contributed by atoms with Crippen LogP contribution >= 0.6 is 0 Å². The molecule has 122 valence electrons. The van der Waals surface area contributed by atoms with E-state index in [-0.39, 0.29) is 28.7 Å². The molecule has 9 heteroatoms. The van der Waals surface area contributed by atoms with Crippen molar-refractivity contribution >= 4 is 31.5 Å². The van der Waals surface area contributed by atoms with Crippen molar-refractivity contribution < 1.29 is 21.6 Å². The summed E-state index contributed by atoms with van der Waals surface area (Å²) in [6, 6.07) is 5.67. The lowest BCUT2D eigenvalue weighted by molar-refractivity contribution is -0.114. The van der Waals surface area contributed by atoms with Crippen molar-refractivity contribution in [3.63, 3.8) is 0 Å². The molecule has 22 heavy (non-hydrogen) atoms. The number of sulfone groups is 1. The lowest BCUT2D eigenvalue weighted by Gasteiger charge is -2.23. The zero-order chi connectivity index (χ0) is 16.6. The lowest BCUT2D eigenvalue weighted by atomic mass is 10.0. The van der Waals surface area contributed by atoms with E-state index in [1.54, 1.807) is 6.92 Å². The van der Waals surface area contributed by atoms with Crippen molar-refractivity contribution in [1.29, 1.82) is 0 Å². The van der Waals surface area contributed by atoms with E-state index in [2.05, 4.69) is 10.0 Å². The molecule has 1 aromatic rings. The fraction of sp³-hybridized carbons (Fsp3) is 0.462. The van der Waals surface area contributed by atoms with Crippen LogP contribution in [-0.4, -0.2) is 39.8 Å². The Morgan fingerprint density at radius 1 is 1.23 bits per heavy atom. The molecule has 1 aromatic carbocycles. The van der Waals surface area contributed by atoms with Crippen molar-refractivity contribution in [3.05, 3.63) is 24.3 Å². The van der Waals surface area contributed by atoms with Crippen molar-refractivity contribution in [3.8, 4) is 0 Å². The number of nitrogens with one attached hydrogen (secondary N) is 2. The van der Waals surface area contributed by atoms with Gasteiger partial charge in [0.05, 0.1) is 16.4 Å². The Labute approximate surface area is 130 Å². The van der Waals surface area contributed by atoms with Gasteiger partial charge in [0.15, 0.2) is 9.84 Å². The Bertz CT molecular complexity index is 784. The van der Waals surface area contributed by atoms with Gasteiger partial charge in [0.2, 0.25) is 15.9 Å². The standard InChI is InChI=1S/C13H18N2O5S2/c1-10(16)14-11-3-5-12(6-4-11)22(19,20)15-13(2)7-8-21(17,18)9-13/h3-6,15H,7-9H2,1-2H3,(H,14,16)/t13-/m0/s1. The second kappa shape index (κ2) is 5.64. The first-order chi connectivity index (χ1) is 10.0. The highest BCUT2D eigenvalue weighted by Gasteiger charge is 2.41. The molecule has 0 aliphatic carbocycles. The Morgan fingerprint density at radius 3 is 2.27 bits per heavy atom. The van der Waals surface area contributed by atoms with Crippen LogP contribution in [0, 0.1) is 0 Å². The summed E-state index contributed by atoms with van der Waals surface area (Å²) in [4.78, 5) is 11.0. The number of benzene rings is 1. The van der Waals surface area contributed by atoms with Crippen LogP contribution in [0.1, 0.15) is 20.3 Å². The van der Waals surface area contributed by atoms with Gasteiger partial charge in [-0.25, -0.2) is 21.6 Å². The summed E-state index contributed by atoms with van der Waals surface area (Å²) in [7, 11) is -7.03. The van der Waals surface area contributed by atoms with Crippen LogP contribution in [0.25, 0.3) is 0 Å². The predicted molar refractivity (Wildman–Crippen MR) is 82.7 cm³/mol. The number of rotatable bonds is 4. The number of anilines is 1. The molecule has 0 saturated carbocycles. The summed E-state index contributed by atoms with van der Waals surface area (Å²) >= 11 is 0. The van der Waals surface area contributed by atoms with Crippen LogP contribution < -0.4 is 10.0 Å². The molecular formula is C13H18N2O5S2. The molecule has 1 aliphatic heterocycles. The van der Waals surface area contributed by atoms with Crippen molar-refractivity contribution in [2.24, 2.45) is 0 Å². The molecule has 1 heterocycles. The van der Waals surface area contributed by atoms with E-state index in [9.17, 15) is 21.6 Å². The van der Waals surface area contributed by atoms with E-state index in [0.717, 1.165) is 0 Å². The van der Waals surface area contributed by atoms with Gasteiger partial charge in [-0.2, -0.15) is 0 Å². The molecule has 1 fully saturated rings. The maximum absolute atomic E-state index is 12.3. The molecule has 0 unspecified atom stereocenters. The van der Waals surface area contributed by atoms with Gasteiger partial charge in [0.1, 0.15) is 0 Å². The summed E-state index contributed by atoms with van der Waals surface area (Å²) in [6.45, 7) is 2.94. The zero-order valence-corrected chi connectivity index (χ0v) is 13.9. The average Bonchev–Trinajstić information content (AvgIpc) is 2.62. The van der Waals surface area contributed by atoms with Crippen molar-refractivity contribution in [2.45, 2.75) is 30.7 Å². The lowest BCUT2D eigenvalue weighted by Crippen LogP contribution is -2.46. The van der Waals surface area contributed by atoms with Crippen LogP contribution in [0.5, 0.6) is 0 Å². The van der Waals surface area contributed by atoms with Gasteiger partial charge in [-0.3, -0.25) is 4.79 Å². The van der Waals surface area contributed by atoms with Crippen LogP contribution in [0.2, 0.25) is 0 Å². The van der Waals surface area contributed by atoms with Gasteiger partial charge in [0, 0.05) is 18.2 Å². The summed E-state index contributed by atoms with van der Waals surface area (Å²) in [6.07, 6.45) is 0.249. The van der Waals surface area contributed by atoms with Crippen molar-refractivity contribution in [1.82, 2.24) is 4.72 Å². The van der Waals surface area contributed by atoms with Crippen LogP contribution in [0.3, 0.4) is 0 Å². The van der Waals surface area contributed by atoms with E-state index in [0.29, 0.717) is 5.69 Å². The second-order valence-electron chi connectivity index (χ2n) is 5.71. The maximum atomic E-state index is 12.3. The Morgan fingerprint density at radius 2 is 1.82 bits per heavy atom. The first-order valence-electron chi connectivity index (χ1n) is 6.63. The topological polar surface area (TPSA) is 109 Å². The van der Waals surface area contributed by atoms with Crippen LogP contribution in [0.15, 0.2) is 29.2 Å². The predicted octanol–water partition coefficient (Wildman–Crippen LogP) is 0.500. The van der Waals surface area contributed by atoms with Crippen LogP contribution in [0.4, 0.5) is 5.69 Å². The number of carbonyl (C=O) groups is 1. The summed E-state index contributed by atoms with van der Waals surface area (Å²) in [5.41, 5.74) is -0.505. The van der Waals surface area contributed by atoms with Gasteiger partial charge >= 0.3 is 0 Å². The van der Waals surface area contributed by atoms with E-state index >= 15 is 0 Å². The summed E-state index contributed by atoms with van der Waals surface area (Å²) in [5, 5.41) is 2.54. The molecule has 7 nitrogen and oxygen atoms in total. The monoisotopic (exact) mass is 346 g/mol. The fourth-order valence-electron chi connectivity index (χ4n) is 2.39. The molecule has 0 aromatic heterocycles. The van der Waals surface area contributed by atoms with Gasteiger partial charge in [0.25, 0.3) is 0 Å². The maximum Gasteiger partial charge on any atom is 0.241 e. The van der Waals surface area contributed by atoms with Gasteiger partial charge in [-0.05, 0) is 37.6 Å². The number of amides is 1.